The zero-order valence-electron chi connectivity index (χ0n) is 9.42. The van der Waals surface area contributed by atoms with Crippen molar-refractivity contribution in [2.45, 2.75) is 4.21 Å². The molecule has 0 aliphatic rings. The quantitative estimate of drug-likeness (QED) is 0.851. The summed E-state index contributed by atoms with van der Waals surface area (Å²) in [5, 5.41) is 8.95. The Hall–Kier alpha value is -1.75. The first-order valence-corrected chi connectivity index (χ1v) is 7.68. The second-order valence-electron chi connectivity index (χ2n) is 3.57. The number of nitrogens with zero attached hydrogens (tertiary/aromatic N) is 1. The summed E-state index contributed by atoms with van der Waals surface area (Å²) in [5.74, 6) is 0. The molecule has 1 heterocycles. The molecule has 0 saturated carbocycles. The highest BCUT2D eigenvalue weighted by Crippen LogP contribution is 2.26. The number of nitrogens with two attached hydrogens (primary N) is 1. The van der Waals surface area contributed by atoms with Crippen LogP contribution in [-0.4, -0.2) is 8.42 Å². The minimum Gasteiger partial charge on any atom is -0.398 e. The molecule has 2 rings (SSSR count). The van der Waals surface area contributed by atoms with Crippen LogP contribution in [0.15, 0.2) is 34.5 Å². The third-order valence-corrected chi connectivity index (χ3v) is 5.40. The lowest BCUT2D eigenvalue weighted by molar-refractivity contribution is 0.603. The van der Waals surface area contributed by atoms with Gasteiger partial charge in [-0.05, 0) is 30.3 Å². The molecule has 98 valence electrons. The molecule has 3 N–H and O–H groups in total. The Kier molecular flexibility index (Phi) is 3.66. The van der Waals surface area contributed by atoms with Crippen LogP contribution in [0.2, 0.25) is 5.02 Å². The number of nitrogens with one attached hydrogen (secondary N) is 1. The van der Waals surface area contributed by atoms with Crippen molar-refractivity contribution in [1.82, 2.24) is 0 Å². The van der Waals surface area contributed by atoms with Gasteiger partial charge < -0.3 is 5.73 Å². The molecule has 0 atom stereocenters. The van der Waals surface area contributed by atoms with Gasteiger partial charge in [0, 0.05) is 0 Å². The van der Waals surface area contributed by atoms with E-state index in [4.69, 9.17) is 22.6 Å². The fraction of sp³-hybridized carbons (Fsp3) is 0. The molecule has 0 saturated heterocycles. The van der Waals surface area contributed by atoms with Gasteiger partial charge in [0.2, 0.25) is 0 Å². The van der Waals surface area contributed by atoms with Crippen LogP contribution >= 0.6 is 22.9 Å². The lowest BCUT2D eigenvalue weighted by atomic mass is 10.3. The molecule has 0 spiro atoms. The van der Waals surface area contributed by atoms with E-state index in [9.17, 15) is 8.42 Å². The molecule has 0 radical (unpaired) electrons. The molecule has 1 aromatic heterocycles. The topological polar surface area (TPSA) is 96.0 Å². The van der Waals surface area contributed by atoms with Gasteiger partial charge >= 0.3 is 0 Å². The number of nitrogen functional groups attached to an aromatic ring is 1. The van der Waals surface area contributed by atoms with E-state index in [0.717, 1.165) is 11.3 Å². The van der Waals surface area contributed by atoms with E-state index in [1.165, 1.54) is 30.3 Å². The van der Waals surface area contributed by atoms with Gasteiger partial charge in [0.15, 0.2) is 0 Å². The highest BCUT2D eigenvalue weighted by Gasteiger charge is 2.17. The molecule has 5 nitrogen and oxygen atoms in total. The number of hydrogen-bond donors (Lipinski definition) is 2. The lowest BCUT2D eigenvalue weighted by Gasteiger charge is -2.07. The summed E-state index contributed by atoms with van der Waals surface area (Å²) in [6.45, 7) is 0. The minimum atomic E-state index is -3.71. The molecule has 0 bridgehead atoms. The fourth-order valence-corrected chi connectivity index (χ4v) is 3.65. The van der Waals surface area contributed by atoms with Crippen LogP contribution < -0.4 is 10.5 Å². The molecule has 0 fully saturated rings. The molecular formula is C11H8ClN3O2S2. The Balaban J connectivity index is 2.31. The Morgan fingerprint density at radius 1 is 1.32 bits per heavy atom. The van der Waals surface area contributed by atoms with Crippen molar-refractivity contribution in [3.05, 3.63) is 40.2 Å². The molecule has 0 aliphatic carbocycles. The molecule has 0 aliphatic heterocycles. The van der Waals surface area contributed by atoms with Gasteiger partial charge in [-0.25, -0.2) is 8.42 Å². The van der Waals surface area contributed by atoms with Crippen molar-refractivity contribution in [2.75, 3.05) is 10.5 Å². The summed E-state index contributed by atoms with van der Waals surface area (Å²) < 4.78 is 26.5. The van der Waals surface area contributed by atoms with E-state index in [1.54, 1.807) is 0 Å². The van der Waals surface area contributed by atoms with Crippen LogP contribution in [0.1, 0.15) is 4.88 Å². The van der Waals surface area contributed by atoms with Crippen LogP contribution in [0, 0.1) is 11.3 Å². The van der Waals surface area contributed by atoms with Gasteiger partial charge in [0.25, 0.3) is 10.0 Å². The van der Waals surface area contributed by atoms with Gasteiger partial charge in [-0.2, -0.15) is 5.26 Å². The van der Waals surface area contributed by atoms with E-state index in [2.05, 4.69) is 4.72 Å². The highest BCUT2D eigenvalue weighted by atomic mass is 35.5. The predicted octanol–water partition coefficient (Wildman–Crippen LogP) is 2.66. The van der Waals surface area contributed by atoms with E-state index in [0.29, 0.717) is 16.3 Å². The SMILES string of the molecule is N#Cc1ccc(S(=O)(=O)Nc2ccc(N)c(Cl)c2)s1. The van der Waals surface area contributed by atoms with Crippen LogP contribution in [0.5, 0.6) is 0 Å². The highest BCUT2D eigenvalue weighted by molar-refractivity contribution is 7.94. The summed E-state index contributed by atoms with van der Waals surface area (Å²) in [6.07, 6.45) is 0. The molecular weight excluding hydrogens is 306 g/mol. The molecule has 19 heavy (non-hydrogen) atoms. The number of rotatable bonds is 3. The second kappa shape index (κ2) is 5.09. The van der Waals surface area contributed by atoms with Gasteiger partial charge in [0.05, 0.1) is 16.4 Å². The average Bonchev–Trinajstić information content (AvgIpc) is 2.83. The summed E-state index contributed by atoms with van der Waals surface area (Å²) >= 11 is 6.71. The predicted molar refractivity (Wildman–Crippen MR) is 75.7 cm³/mol. The number of thiophene rings is 1. The minimum absolute atomic E-state index is 0.0667. The molecule has 0 unspecified atom stereocenters. The summed E-state index contributed by atoms with van der Waals surface area (Å²) in [7, 11) is -3.71. The Labute approximate surface area is 119 Å². The van der Waals surface area contributed by atoms with E-state index < -0.39 is 10.0 Å². The van der Waals surface area contributed by atoms with Gasteiger partial charge in [-0.15, -0.1) is 11.3 Å². The summed E-state index contributed by atoms with van der Waals surface area (Å²) in [6, 6.07) is 9.17. The van der Waals surface area contributed by atoms with E-state index in [-0.39, 0.29) is 9.23 Å². The number of nitriles is 1. The smallest absolute Gasteiger partial charge is 0.271 e. The van der Waals surface area contributed by atoms with Gasteiger partial charge in [0.1, 0.15) is 15.2 Å². The average molecular weight is 314 g/mol. The first kappa shape index (κ1) is 13.7. The zero-order chi connectivity index (χ0) is 14.0. The standard InChI is InChI=1S/C11H8ClN3O2S2/c12-9-5-7(1-3-10(9)14)15-19(16,17)11-4-2-8(6-13)18-11/h1-5,15H,14H2. The van der Waals surface area contributed by atoms with Crippen molar-refractivity contribution < 1.29 is 8.42 Å². The van der Waals surface area contributed by atoms with Crippen molar-refractivity contribution in [3.63, 3.8) is 0 Å². The second-order valence-corrected chi connectivity index (χ2v) is 6.97. The van der Waals surface area contributed by atoms with E-state index in [1.807, 2.05) is 6.07 Å². The number of hydrogen-bond acceptors (Lipinski definition) is 5. The first-order valence-electron chi connectivity index (χ1n) is 5.00. The maximum absolute atomic E-state index is 12.0. The number of benzene rings is 1. The molecule has 0 amide bonds. The van der Waals surface area contributed by atoms with Gasteiger partial charge in [-0.3, -0.25) is 4.72 Å². The van der Waals surface area contributed by atoms with Crippen LogP contribution in [-0.2, 0) is 10.0 Å². The Morgan fingerprint density at radius 3 is 2.63 bits per heavy atom. The molecule has 2 aromatic rings. The van der Waals surface area contributed by atoms with Crippen molar-refractivity contribution >= 4 is 44.3 Å². The third-order valence-electron chi connectivity index (χ3n) is 2.21. The normalized spacial score (nSPS) is 10.9. The molecule has 1 aromatic carbocycles. The van der Waals surface area contributed by atoms with Gasteiger partial charge in [-0.1, -0.05) is 11.6 Å². The van der Waals surface area contributed by atoms with Crippen molar-refractivity contribution in [1.29, 1.82) is 5.26 Å². The van der Waals surface area contributed by atoms with Crippen molar-refractivity contribution in [2.24, 2.45) is 0 Å². The van der Waals surface area contributed by atoms with Crippen LogP contribution in [0.4, 0.5) is 11.4 Å². The lowest BCUT2D eigenvalue weighted by Crippen LogP contribution is -2.11. The first-order chi connectivity index (χ1) is 8.92. The third kappa shape index (κ3) is 2.98. The number of anilines is 2. The molecule has 8 heteroatoms. The number of sulfonamides is 1. The maximum Gasteiger partial charge on any atom is 0.271 e. The number of halogens is 1. The summed E-state index contributed by atoms with van der Waals surface area (Å²) in [4.78, 5) is 0.329. The van der Waals surface area contributed by atoms with Crippen LogP contribution in [0.25, 0.3) is 0 Å². The zero-order valence-corrected chi connectivity index (χ0v) is 11.8. The Morgan fingerprint density at radius 2 is 2.05 bits per heavy atom. The van der Waals surface area contributed by atoms with Crippen molar-refractivity contribution in [3.8, 4) is 6.07 Å². The fourth-order valence-electron chi connectivity index (χ4n) is 1.32. The van der Waals surface area contributed by atoms with Crippen LogP contribution in [0.3, 0.4) is 0 Å². The Bertz CT molecular complexity index is 762. The maximum atomic E-state index is 12.0. The monoisotopic (exact) mass is 313 g/mol. The summed E-state index contributed by atoms with van der Waals surface area (Å²) in [5.41, 5.74) is 6.22. The van der Waals surface area contributed by atoms with E-state index >= 15 is 0 Å². The largest absolute Gasteiger partial charge is 0.398 e.